The number of rotatable bonds is 5. The number of carbonyl (C=O) groups is 1. The molecule has 0 aliphatic carbocycles. The molecule has 1 rings (SSSR count). The summed E-state index contributed by atoms with van der Waals surface area (Å²) in [5, 5.41) is 3.82. The molecule has 3 heteroatoms. The maximum atomic E-state index is 12.0. The second-order valence-corrected chi connectivity index (χ2v) is 5.19. The lowest BCUT2D eigenvalue weighted by Crippen LogP contribution is -2.46. The van der Waals surface area contributed by atoms with Crippen molar-refractivity contribution in [3.63, 3.8) is 0 Å². The van der Waals surface area contributed by atoms with E-state index in [1.54, 1.807) is 0 Å². The lowest BCUT2D eigenvalue weighted by Gasteiger charge is -2.30. The lowest BCUT2D eigenvalue weighted by molar-refractivity contribution is -0.126. The minimum Gasteiger partial charge on any atom is -0.346 e. The molecule has 2 nitrogen and oxygen atoms in total. The summed E-state index contributed by atoms with van der Waals surface area (Å²) in [7, 11) is 0. The molecule has 0 aliphatic rings. The summed E-state index contributed by atoms with van der Waals surface area (Å²) in [4.78, 5) is 12.0. The summed E-state index contributed by atoms with van der Waals surface area (Å²) in [6.45, 7) is 6.02. The first kappa shape index (κ1) is 14.2. The predicted octanol–water partition coefficient (Wildman–Crippen LogP) is 3.46. The smallest absolute Gasteiger partial charge is 0.223 e. The molecule has 1 amide bonds. The van der Waals surface area contributed by atoms with Gasteiger partial charge in [-0.15, -0.1) is 0 Å². The second kappa shape index (κ2) is 6.20. The van der Waals surface area contributed by atoms with Crippen LogP contribution < -0.4 is 5.32 Å². The summed E-state index contributed by atoms with van der Waals surface area (Å²) in [6, 6.07) is 10.0. The van der Waals surface area contributed by atoms with Gasteiger partial charge in [0.15, 0.2) is 0 Å². The number of alkyl halides is 1. The molecule has 0 aliphatic heterocycles. The van der Waals surface area contributed by atoms with Crippen LogP contribution in [-0.2, 0) is 10.3 Å². The average Bonchev–Trinajstić information content (AvgIpc) is 2.38. The Labute approximate surface area is 112 Å². The Hall–Kier alpha value is -0.830. The van der Waals surface area contributed by atoms with Gasteiger partial charge in [0.05, 0.1) is 5.54 Å². The fraction of sp³-hybridized carbons (Fsp3) is 0.500. The summed E-state index contributed by atoms with van der Waals surface area (Å²) in [5.74, 6) is 0.162. The van der Waals surface area contributed by atoms with Gasteiger partial charge in [-0.1, -0.05) is 60.1 Å². The number of halogens is 1. The van der Waals surface area contributed by atoms with Crippen LogP contribution in [0.5, 0.6) is 0 Å². The number of benzene rings is 1. The average molecular weight is 298 g/mol. The van der Waals surface area contributed by atoms with Gasteiger partial charge in [-0.2, -0.15) is 0 Å². The Kier molecular flexibility index (Phi) is 5.19. The Morgan fingerprint density at radius 2 is 2.00 bits per heavy atom. The summed E-state index contributed by atoms with van der Waals surface area (Å²) in [6.07, 6.45) is 0.860. The second-order valence-electron chi connectivity index (χ2n) is 4.63. The highest BCUT2D eigenvalue weighted by atomic mass is 79.9. The molecule has 0 fully saturated rings. The van der Waals surface area contributed by atoms with Gasteiger partial charge < -0.3 is 5.32 Å². The third-order valence-electron chi connectivity index (χ3n) is 3.14. The van der Waals surface area contributed by atoms with Crippen molar-refractivity contribution in [2.24, 2.45) is 5.92 Å². The number of nitrogens with one attached hydrogen (secondary N) is 1. The fourth-order valence-electron chi connectivity index (χ4n) is 1.57. The molecule has 0 saturated carbocycles. The normalized spacial score (nSPS) is 16.0. The van der Waals surface area contributed by atoms with E-state index in [0.29, 0.717) is 5.33 Å². The number of amides is 1. The zero-order valence-corrected chi connectivity index (χ0v) is 12.3. The van der Waals surface area contributed by atoms with Crippen molar-refractivity contribution < 1.29 is 4.79 Å². The van der Waals surface area contributed by atoms with Gasteiger partial charge in [0.25, 0.3) is 0 Å². The van der Waals surface area contributed by atoms with Crippen LogP contribution in [0.3, 0.4) is 0 Å². The van der Waals surface area contributed by atoms with Crippen molar-refractivity contribution >= 4 is 21.8 Å². The van der Waals surface area contributed by atoms with Crippen molar-refractivity contribution in [3.8, 4) is 0 Å². The van der Waals surface area contributed by atoms with E-state index in [4.69, 9.17) is 0 Å². The number of hydrogen-bond acceptors (Lipinski definition) is 1. The van der Waals surface area contributed by atoms with Gasteiger partial charge in [-0.05, 0) is 18.9 Å². The highest BCUT2D eigenvalue weighted by molar-refractivity contribution is 9.09. The van der Waals surface area contributed by atoms with Crippen LogP contribution in [0.2, 0.25) is 0 Å². The largest absolute Gasteiger partial charge is 0.346 e. The van der Waals surface area contributed by atoms with Crippen LogP contribution in [0.1, 0.15) is 32.8 Å². The molecule has 0 heterocycles. The Bertz CT molecular complexity index is 366. The standard InChI is InChI=1S/C14H20BrNO/c1-4-11(2)13(17)16-14(3,10-15)12-8-6-5-7-9-12/h5-9,11H,4,10H2,1-3H3,(H,16,17). The molecule has 0 bridgehead atoms. The van der Waals surface area contributed by atoms with E-state index in [1.165, 1.54) is 0 Å². The monoisotopic (exact) mass is 297 g/mol. The summed E-state index contributed by atoms with van der Waals surface area (Å²) >= 11 is 3.49. The quantitative estimate of drug-likeness (QED) is 0.829. The molecule has 0 saturated heterocycles. The van der Waals surface area contributed by atoms with Crippen LogP contribution in [0.15, 0.2) is 30.3 Å². The summed E-state index contributed by atoms with van der Waals surface area (Å²) in [5.41, 5.74) is 0.774. The van der Waals surface area contributed by atoms with Gasteiger partial charge >= 0.3 is 0 Å². The Morgan fingerprint density at radius 3 is 2.47 bits per heavy atom. The molecule has 17 heavy (non-hydrogen) atoms. The van der Waals surface area contributed by atoms with Crippen LogP contribution in [-0.4, -0.2) is 11.2 Å². The van der Waals surface area contributed by atoms with Crippen molar-refractivity contribution in [2.45, 2.75) is 32.7 Å². The molecular formula is C14H20BrNO. The molecular weight excluding hydrogens is 278 g/mol. The van der Waals surface area contributed by atoms with E-state index >= 15 is 0 Å². The molecule has 0 radical (unpaired) electrons. The molecule has 1 aromatic carbocycles. The van der Waals surface area contributed by atoms with Crippen LogP contribution in [0.4, 0.5) is 0 Å². The zero-order chi connectivity index (χ0) is 12.9. The molecule has 2 unspecified atom stereocenters. The molecule has 1 aromatic rings. The van der Waals surface area contributed by atoms with E-state index < -0.39 is 0 Å². The minimum atomic E-state index is -0.345. The minimum absolute atomic E-state index is 0.0529. The van der Waals surface area contributed by atoms with Gasteiger partial charge in [-0.3, -0.25) is 4.79 Å². The lowest BCUT2D eigenvalue weighted by atomic mass is 9.93. The van der Waals surface area contributed by atoms with Gasteiger partial charge in [0, 0.05) is 11.2 Å². The Balaban J connectivity index is 2.87. The first-order valence-electron chi connectivity index (χ1n) is 5.97. The first-order valence-corrected chi connectivity index (χ1v) is 7.09. The third-order valence-corrected chi connectivity index (χ3v) is 4.26. The highest BCUT2D eigenvalue weighted by Gasteiger charge is 2.28. The van der Waals surface area contributed by atoms with E-state index in [-0.39, 0.29) is 17.4 Å². The number of carbonyl (C=O) groups excluding carboxylic acids is 1. The zero-order valence-electron chi connectivity index (χ0n) is 10.7. The predicted molar refractivity (Wildman–Crippen MR) is 75.2 cm³/mol. The molecule has 2 atom stereocenters. The van der Waals surface area contributed by atoms with E-state index in [9.17, 15) is 4.79 Å². The molecule has 0 aromatic heterocycles. The van der Waals surface area contributed by atoms with Crippen molar-refractivity contribution in [2.75, 3.05) is 5.33 Å². The number of hydrogen-bond donors (Lipinski definition) is 1. The topological polar surface area (TPSA) is 29.1 Å². The third kappa shape index (κ3) is 3.56. The maximum Gasteiger partial charge on any atom is 0.223 e. The van der Waals surface area contributed by atoms with E-state index in [2.05, 4.69) is 21.2 Å². The van der Waals surface area contributed by atoms with Crippen molar-refractivity contribution in [1.82, 2.24) is 5.32 Å². The van der Waals surface area contributed by atoms with Crippen LogP contribution >= 0.6 is 15.9 Å². The maximum absolute atomic E-state index is 12.0. The fourth-order valence-corrected chi connectivity index (χ4v) is 2.03. The Morgan fingerprint density at radius 1 is 1.41 bits per heavy atom. The summed E-state index contributed by atoms with van der Waals surface area (Å²) < 4.78 is 0. The van der Waals surface area contributed by atoms with Gasteiger partial charge in [0.1, 0.15) is 0 Å². The molecule has 94 valence electrons. The van der Waals surface area contributed by atoms with E-state index in [1.807, 2.05) is 51.1 Å². The van der Waals surface area contributed by atoms with Crippen LogP contribution in [0, 0.1) is 5.92 Å². The van der Waals surface area contributed by atoms with Crippen molar-refractivity contribution in [1.29, 1.82) is 0 Å². The SMILES string of the molecule is CCC(C)C(=O)NC(C)(CBr)c1ccccc1. The van der Waals surface area contributed by atoms with Gasteiger partial charge in [0.2, 0.25) is 5.91 Å². The van der Waals surface area contributed by atoms with Crippen LogP contribution in [0.25, 0.3) is 0 Å². The molecule has 0 spiro atoms. The van der Waals surface area contributed by atoms with Gasteiger partial charge in [-0.25, -0.2) is 0 Å². The van der Waals surface area contributed by atoms with Crippen molar-refractivity contribution in [3.05, 3.63) is 35.9 Å². The molecule has 1 N–H and O–H groups in total. The van der Waals surface area contributed by atoms with E-state index in [0.717, 1.165) is 12.0 Å². The highest BCUT2D eigenvalue weighted by Crippen LogP contribution is 2.23. The first-order chi connectivity index (χ1) is 8.03.